The van der Waals surface area contributed by atoms with Crippen molar-refractivity contribution in [1.29, 1.82) is 0 Å². The molecular formula is C11H19N3O2. The summed E-state index contributed by atoms with van der Waals surface area (Å²) in [6, 6.07) is 1.45. The highest BCUT2D eigenvalue weighted by molar-refractivity contribution is 5.85. The van der Waals surface area contributed by atoms with Crippen LogP contribution in [0.3, 0.4) is 0 Å². The van der Waals surface area contributed by atoms with Gasteiger partial charge in [0.05, 0.1) is 11.7 Å². The highest BCUT2D eigenvalue weighted by atomic mass is 16.5. The average Bonchev–Trinajstić information content (AvgIpc) is 2.53. The second-order valence-electron chi connectivity index (χ2n) is 3.93. The third-order valence-electron chi connectivity index (χ3n) is 2.50. The van der Waals surface area contributed by atoms with Gasteiger partial charge in [0, 0.05) is 32.9 Å². The van der Waals surface area contributed by atoms with Crippen LogP contribution in [0.5, 0.6) is 0 Å². The Morgan fingerprint density at radius 1 is 1.69 bits per heavy atom. The molecule has 1 unspecified atom stereocenters. The molecule has 0 saturated heterocycles. The van der Waals surface area contributed by atoms with Crippen molar-refractivity contribution >= 4 is 5.78 Å². The van der Waals surface area contributed by atoms with Gasteiger partial charge in [0.1, 0.15) is 0 Å². The molecule has 0 saturated carbocycles. The number of rotatable bonds is 6. The fourth-order valence-corrected chi connectivity index (χ4v) is 1.55. The van der Waals surface area contributed by atoms with Gasteiger partial charge >= 0.3 is 0 Å². The van der Waals surface area contributed by atoms with E-state index in [0.29, 0.717) is 19.4 Å². The first-order valence-corrected chi connectivity index (χ1v) is 5.31. The highest BCUT2D eigenvalue weighted by Gasteiger charge is 2.15. The van der Waals surface area contributed by atoms with Crippen molar-refractivity contribution in [3.05, 3.63) is 17.5 Å². The van der Waals surface area contributed by atoms with E-state index in [1.165, 1.54) is 0 Å². The minimum absolute atomic E-state index is 0.0278. The van der Waals surface area contributed by atoms with Crippen molar-refractivity contribution in [3.8, 4) is 0 Å². The van der Waals surface area contributed by atoms with E-state index < -0.39 is 6.04 Å². The number of hydrogen-bond acceptors (Lipinski definition) is 4. The Labute approximate surface area is 95.6 Å². The predicted octanol–water partition coefficient (Wildman–Crippen LogP) is 0.204. The summed E-state index contributed by atoms with van der Waals surface area (Å²) in [7, 11) is 3.43. The van der Waals surface area contributed by atoms with Crippen molar-refractivity contribution in [2.24, 2.45) is 12.8 Å². The first-order chi connectivity index (χ1) is 7.54. The Morgan fingerprint density at radius 3 is 2.88 bits per heavy atom. The number of aromatic nitrogens is 2. The van der Waals surface area contributed by atoms with Crippen LogP contribution < -0.4 is 5.73 Å². The zero-order chi connectivity index (χ0) is 12.1. The zero-order valence-corrected chi connectivity index (χ0v) is 10.1. The predicted molar refractivity (Wildman–Crippen MR) is 61.1 cm³/mol. The van der Waals surface area contributed by atoms with E-state index in [4.69, 9.17) is 10.5 Å². The number of carbonyl (C=O) groups excluding carboxylic acids is 1. The smallest absolute Gasteiger partial charge is 0.155 e. The molecule has 5 nitrogen and oxygen atoms in total. The van der Waals surface area contributed by atoms with Crippen LogP contribution in [0.15, 0.2) is 6.07 Å². The van der Waals surface area contributed by atoms with Gasteiger partial charge < -0.3 is 10.5 Å². The third kappa shape index (κ3) is 3.43. The van der Waals surface area contributed by atoms with E-state index in [1.807, 2.05) is 20.0 Å². The van der Waals surface area contributed by atoms with Crippen LogP contribution >= 0.6 is 0 Å². The molecular weight excluding hydrogens is 206 g/mol. The Hall–Kier alpha value is -1.20. The van der Waals surface area contributed by atoms with E-state index in [9.17, 15) is 4.79 Å². The SMILES string of the molecule is COCCC(N)C(=O)Cc1cc(C)nn1C. The number of nitrogens with two attached hydrogens (primary N) is 1. The van der Waals surface area contributed by atoms with Gasteiger partial charge in [-0.1, -0.05) is 0 Å². The molecule has 0 aliphatic rings. The lowest BCUT2D eigenvalue weighted by Crippen LogP contribution is -2.33. The first kappa shape index (κ1) is 12.9. The second kappa shape index (κ2) is 5.77. The Bertz CT molecular complexity index is 360. The molecule has 5 heteroatoms. The molecule has 16 heavy (non-hydrogen) atoms. The summed E-state index contributed by atoms with van der Waals surface area (Å²) in [5, 5.41) is 4.18. The number of aryl methyl sites for hydroxylation is 2. The van der Waals surface area contributed by atoms with Crippen LogP contribution in [0, 0.1) is 6.92 Å². The summed E-state index contributed by atoms with van der Waals surface area (Å²) in [6.45, 7) is 2.41. The fourth-order valence-electron chi connectivity index (χ4n) is 1.55. The molecule has 0 amide bonds. The summed E-state index contributed by atoms with van der Waals surface area (Å²) < 4.78 is 6.61. The zero-order valence-electron chi connectivity index (χ0n) is 10.1. The van der Waals surface area contributed by atoms with E-state index in [1.54, 1.807) is 11.8 Å². The number of nitrogens with zero attached hydrogens (tertiary/aromatic N) is 2. The van der Waals surface area contributed by atoms with Crippen molar-refractivity contribution in [1.82, 2.24) is 9.78 Å². The number of carbonyl (C=O) groups is 1. The van der Waals surface area contributed by atoms with Crippen LogP contribution in [-0.4, -0.2) is 35.3 Å². The second-order valence-corrected chi connectivity index (χ2v) is 3.93. The van der Waals surface area contributed by atoms with Gasteiger partial charge in [-0.2, -0.15) is 5.10 Å². The monoisotopic (exact) mass is 225 g/mol. The lowest BCUT2D eigenvalue weighted by Gasteiger charge is -2.09. The van der Waals surface area contributed by atoms with Crippen molar-refractivity contribution in [2.45, 2.75) is 25.8 Å². The van der Waals surface area contributed by atoms with Gasteiger partial charge in [-0.25, -0.2) is 0 Å². The highest BCUT2D eigenvalue weighted by Crippen LogP contribution is 2.05. The Morgan fingerprint density at radius 2 is 2.38 bits per heavy atom. The molecule has 1 heterocycles. The number of methoxy groups -OCH3 is 1. The normalized spacial score (nSPS) is 12.8. The number of ether oxygens (including phenoxy) is 1. The molecule has 0 radical (unpaired) electrons. The van der Waals surface area contributed by atoms with E-state index in [-0.39, 0.29) is 5.78 Å². The third-order valence-corrected chi connectivity index (χ3v) is 2.50. The van der Waals surface area contributed by atoms with Gasteiger partial charge in [-0.3, -0.25) is 9.48 Å². The van der Waals surface area contributed by atoms with Gasteiger partial charge in [0.15, 0.2) is 5.78 Å². The molecule has 90 valence electrons. The number of Topliss-reactive ketones (excluding diaryl/α,β-unsaturated/α-hetero) is 1. The summed E-state index contributed by atoms with van der Waals surface area (Å²) >= 11 is 0. The summed E-state index contributed by atoms with van der Waals surface area (Å²) in [6.07, 6.45) is 0.897. The molecule has 1 aromatic rings. The lowest BCUT2D eigenvalue weighted by atomic mass is 10.1. The first-order valence-electron chi connectivity index (χ1n) is 5.31. The van der Waals surface area contributed by atoms with E-state index >= 15 is 0 Å². The quantitative estimate of drug-likeness (QED) is 0.751. The molecule has 1 aromatic heterocycles. The van der Waals surface area contributed by atoms with Gasteiger partial charge in [0.2, 0.25) is 0 Å². The Balaban J connectivity index is 2.53. The molecule has 2 N–H and O–H groups in total. The molecule has 0 fully saturated rings. The van der Waals surface area contributed by atoms with Crippen molar-refractivity contribution < 1.29 is 9.53 Å². The maximum Gasteiger partial charge on any atom is 0.155 e. The summed E-state index contributed by atoms with van der Waals surface area (Å²) in [5.74, 6) is 0.0278. The average molecular weight is 225 g/mol. The molecule has 1 rings (SSSR count). The largest absolute Gasteiger partial charge is 0.385 e. The van der Waals surface area contributed by atoms with Crippen LogP contribution in [0.25, 0.3) is 0 Å². The number of hydrogen-bond donors (Lipinski definition) is 1. The summed E-state index contributed by atoms with van der Waals surface area (Å²) in [4.78, 5) is 11.8. The van der Waals surface area contributed by atoms with Gasteiger partial charge in [-0.15, -0.1) is 0 Å². The van der Waals surface area contributed by atoms with Crippen molar-refractivity contribution in [3.63, 3.8) is 0 Å². The molecule has 0 aliphatic carbocycles. The van der Waals surface area contributed by atoms with Crippen LogP contribution in [-0.2, 0) is 23.0 Å². The van der Waals surface area contributed by atoms with E-state index in [0.717, 1.165) is 11.4 Å². The van der Waals surface area contributed by atoms with Crippen LogP contribution in [0.2, 0.25) is 0 Å². The lowest BCUT2D eigenvalue weighted by molar-refractivity contribution is -0.120. The standard InChI is InChI=1S/C11H19N3O2/c1-8-6-9(14(2)13-8)7-11(15)10(12)4-5-16-3/h6,10H,4-5,7,12H2,1-3H3. The van der Waals surface area contributed by atoms with Crippen LogP contribution in [0.4, 0.5) is 0 Å². The minimum atomic E-state index is -0.449. The van der Waals surface area contributed by atoms with Gasteiger partial charge in [0.25, 0.3) is 0 Å². The van der Waals surface area contributed by atoms with Crippen LogP contribution in [0.1, 0.15) is 17.8 Å². The van der Waals surface area contributed by atoms with Crippen molar-refractivity contribution in [2.75, 3.05) is 13.7 Å². The Kier molecular flexibility index (Phi) is 4.64. The fraction of sp³-hybridized carbons (Fsp3) is 0.636. The maximum atomic E-state index is 11.8. The maximum absolute atomic E-state index is 11.8. The van der Waals surface area contributed by atoms with E-state index in [2.05, 4.69) is 5.10 Å². The summed E-state index contributed by atoms with van der Waals surface area (Å²) in [5.41, 5.74) is 7.56. The molecule has 1 atom stereocenters. The molecule has 0 bridgehead atoms. The number of ketones is 1. The molecule has 0 aromatic carbocycles. The topological polar surface area (TPSA) is 70.1 Å². The van der Waals surface area contributed by atoms with Gasteiger partial charge in [-0.05, 0) is 19.4 Å². The minimum Gasteiger partial charge on any atom is -0.385 e. The molecule has 0 spiro atoms. The molecule has 0 aliphatic heterocycles.